The summed E-state index contributed by atoms with van der Waals surface area (Å²) in [5, 5.41) is 8.43. The van der Waals surface area contributed by atoms with Crippen LogP contribution in [0.4, 0.5) is 20.6 Å². The number of halogens is 1. The van der Waals surface area contributed by atoms with Crippen LogP contribution < -0.4 is 16.0 Å². The fourth-order valence-electron chi connectivity index (χ4n) is 3.89. The summed E-state index contributed by atoms with van der Waals surface area (Å²) in [6.07, 6.45) is 5.66. The zero-order chi connectivity index (χ0) is 23.5. The number of anilines is 2. The van der Waals surface area contributed by atoms with E-state index in [1.165, 1.54) is 38.5 Å². The van der Waals surface area contributed by atoms with Gasteiger partial charge in [0.2, 0.25) is 5.91 Å². The molecule has 3 rings (SSSR count). The molecule has 1 aliphatic heterocycles. The van der Waals surface area contributed by atoms with Crippen molar-refractivity contribution >= 4 is 23.3 Å². The smallest absolute Gasteiger partial charge is 0.319 e. The first-order valence-electron chi connectivity index (χ1n) is 11.5. The summed E-state index contributed by atoms with van der Waals surface area (Å²) in [6, 6.07) is 12.6. The van der Waals surface area contributed by atoms with Gasteiger partial charge in [-0.2, -0.15) is 0 Å². The van der Waals surface area contributed by atoms with E-state index in [2.05, 4.69) is 20.9 Å². The van der Waals surface area contributed by atoms with Crippen LogP contribution in [-0.2, 0) is 9.53 Å². The number of hydrogen-bond donors (Lipinski definition) is 3. The number of amides is 3. The number of benzene rings is 2. The Balaban J connectivity index is 1.43. The first-order valence-corrected chi connectivity index (χ1v) is 11.5. The van der Waals surface area contributed by atoms with Gasteiger partial charge in [-0.1, -0.05) is 31.4 Å². The molecule has 7 nitrogen and oxygen atoms in total. The van der Waals surface area contributed by atoms with Crippen LogP contribution in [0.15, 0.2) is 48.5 Å². The first-order chi connectivity index (χ1) is 16.0. The summed E-state index contributed by atoms with van der Waals surface area (Å²) in [7, 11) is 1.54. The fraction of sp³-hybridized carbons (Fsp3) is 0.440. The minimum atomic E-state index is -0.387. The average Bonchev–Trinajstić information content (AvgIpc) is 2.78. The second-order valence-corrected chi connectivity index (χ2v) is 8.28. The molecule has 178 valence electrons. The third-order valence-corrected chi connectivity index (χ3v) is 5.72. The maximum absolute atomic E-state index is 13.1. The number of rotatable bonds is 8. The van der Waals surface area contributed by atoms with Gasteiger partial charge in [-0.3, -0.25) is 9.69 Å². The van der Waals surface area contributed by atoms with Gasteiger partial charge in [-0.25, -0.2) is 9.18 Å². The molecule has 0 aliphatic carbocycles. The van der Waals surface area contributed by atoms with Crippen molar-refractivity contribution < 1.29 is 18.7 Å². The molecular formula is C25H33FN4O3. The number of nitrogens with zero attached hydrogens (tertiary/aromatic N) is 1. The monoisotopic (exact) mass is 456 g/mol. The molecule has 0 radical (unpaired) electrons. The summed E-state index contributed by atoms with van der Waals surface area (Å²) in [4.78, 5) is 26.8. The molecule has 0 spiro atoms. The third kappa shape index (κ3) is 8.47. The normalized spacial score (nSPS) is 15.7. The molecule has 8 heteroatoms. The molecule has 0 saturated carbocycles. The maximum atomic E-state index is 13.1. The summed E-state index contributed by atoms with van der Waals surface area (Å²) in [6.45, 7) is 2.57. The Kier molecular flexibility index (Phi) is 9.65. The molecule has 1 heterocycles. The summed E-state index contributed by atoms with van der Waals surface area (Å²) >= 11 is 0. The SMILES string of the molecule is COC(CNC(=O)Nc1ccc(NC(=O)CN2CCCCCCC2)cc1)c1ccc(F)cc1. The van der Waals surface area contributed by atoms with Crippen molar-refractivity contribution in [3.63, 3.8) is 0 Å². The fourth-order valence-corrected chi connectivity index (χ4v) is 3.89. The van der Waals surface area contributed by atoms with E-state index in [4.69, 9.17) is 4.74 Å². The number of hydrogen-bond acceptors (Lipinski definition) is 4. The van der Waals surface area contributed by atoms with Gasteiger partial charge in [0.05, 0.1) is 12.6 Å². The molecule has 1 unspecified atom stereocenters. The molecule has 3 N–H and O–H groups in total. The number of carbonyl (C=O) groups excluding carboxylic acids is 2. The quantitative estimate of drug-likeness (QED) is 0.545. The molecular weight excluding hydrogens is 423 g/mol. The predicted molar refractivity (Wildman–Crippen MR) is 128 cm³/mol. The van der Waals surface area contributed by atoms with Gasteiger partial charge >= 0.3 is 6.03 Å². The molecule has 33 heavy (non-hydrogen) atoms. The van der Waals surface area contributed by atoms with Crippen LogP contribution in [0, 0.1) is 5.82 Å². The predicted octanol–water partition coefficient (Wildman–Crippen LogP) is 4.54. The molecule has 2 aromatic rings. The van der Waals surface area contributed by atoms with E-state index in [1.807, 2.05) is 0 Å². The van der Waals surface area contributed by atoms with Crippen LogP contribution in [0.2, 0.25) is 0 Å². The lowest BCUT2D eigenvalue weighted by molar-refractivity contribution is -0.117. The zero-order valence-electron chi connectivity index (χ0n) is 19.1. The van der Waals surface area contributed by atoms with Crippen LogP contribution in [0.1, 0.15) is 43.8 Å². The molecule has 0 aromatic heterocycles. The van der Waals surface area contributed by atoms with Gasteiger partial charge in [-0.15, -0.1) is 0 Å². The van der Waals surface area contributed by atoms with E-state index in [0.29, 0.717) is 17.9 Å². The lowest BCUT2D eigenvalue weighted by atomic mass is 10.1. The van der Waals surface area contributed by atoms with Crippen molar-refractivity contribution in [3.05, 3.63) is 59.9 Å². The Bertz CT molecular complexity index is 882. The van der Waals surface area contributed by atoms with Crippen LogP contribution in [0.3, 0.4) is 0 Å². The van der Waals surface area contributed by atoms with Crippen LogP contribution in [-0.4, -0.2) is 50.1 Å². The highest BCUT2D eigenvalue weighted by Gasteiger charge is 2.14. The summed E-state index contributed by atoms with van der Waals surface area (Å²) in [5.41, 5.74) is 2.06. The Hall–Kier alpha value is -2.97. The Morgan fingerprint density at radius 3 is 2.09 bits per heavy atom. The van der Waals surface area contributed by atoms with E-state index < -0.39 is 0 Å². The van der Waals surface area contributed by atoms with Crippen molar-refractivity contribution in [2.45, 2.75) is 38.2 Å². The lowest BCUT2D eigenvalue weighted by Crippen LogP contribution is -2.35. The Morgan fingerprint density at radius 2 is 1.48 bits per heavy atom. The van der Waals surface area contributed by atoms with E-state index in [0.717, 1.165) is 31.5 Å². The second-order valence-electron chi connectivity index (χ2n) is 8.28. The minimum Gasteiger partial charge on any atom is -0.375 e. The molecule has 2 aromatic carbocycles. The van der Waals surface area contributed by atoms with Gasteiger partial charge in [-0.05, 0) is 67.9 Å². The highest BCUT2D eigenvalue weighted by atomic mass is 19.1. The molecule has 1 atom stereocenters. The first kappa shape index (κ1) is 24.7. The van der Waals surface area contributed by atoms with E-state index in [-0.39, 0.29) is 30.4 Å². The number of methoxy groups -OCH3 is 1. The average molecular weight is 457 g/mol. The summed E-state index contributed by atoms with van der Waals surface area (Å²) < 4.78 is 18.5. The number of ether oxygens (including phenoxy) is 1. The van der Waals surface area contributed by atoms with Crippen molar-refractivity contribution in [1.82, 2.24) is 10.2 Å². The van der Waals surface area contributed by atoms with Crippen LogP contribution in [0.25, 0.3) is 0 Å². The standard InChI is InChI=1S/C25H33FN4O3/c1-33-23(19-7-9-20(26)10-8-19)17-27-25(32)29-22-13-11-21(12-14-22)28-24(31)18-30-15-5-3-2-4-6-16-30/h7-14,23H,2-6,15-18H2,1H3,(H,28,31)(H2,27,29,32). The Labute approximate surface area is 194 Å². The zero-order valence-corrected chi connectivity index (χ0v) is 19.1. The number of carbonyl (C=O) groups is 2. The second kappa shape index (κ2) is 12.9. The van der Waals surface area contributed by atoms with Gasteiger partial charge in [0, 0.05) is 25.0 Å². The molecule has 1 fully saturated rings. The highest BCUT2D eigenvalue weighted by Crippen LogP contribution is 2.17. The van der Waals surface area contributed by atoms with Gasteiger partial charge in [0.25, 0.3) is 0 Å². The summed E-state index contributed by atoms with van der Waals surface area (Å²) in [5.74, 6) is -0.350. The highest BCUT2D eigenvalue weighted by molar-refractivity contribution is 5.93. The molecule has 3 amide bonds. The van der Waals surface area contributed by atoms with Crippen molar-refractivity contribution in [1.29, 1.82) is 0 Å². The lowest BCUT2D eigenvalue weighted by Gasteiger charge is -2.23. The van der Waals surface area contributed by atoms with Crippen LogP contribution >= 0.6 is 0 Å². The van der Waals surface area contributed by atoms with Crippen LogP contribution in [0.5, 0.6) is 0 Å². The number of likely N-dealkylation sites (tertiary alicyclic amines) is 1. The van der Waals surface area contributed by atoms with E-state index in [9.17, 15) is 14.0 Å². The maximum Gasteiger partial charge on any atom is 0.319 e. The molecule has 1 saturated heterocycles. The topological polar surface area (TPSA) is 82.7 Å². The largest absolute Gasteiger partial charge is 0.375 e. The molecule has 0 bridgehead atoms. The third-order valence-electron chi connectivity index (χ3n) is 5.72. The Morgan fingerprint density at radius 1 is 0.909 bits per heavy atom. The van der Waals surface area contributed by atoms with E-state index >= 15 is 0 Å². The van der Waals surface area contributed by atoms with Crippen molar-refractivity contribution in [2.24, 2.45) is 0 Å². The van der Waals surface area contributed by atoms with Gasteiger partial charge in [0.15, 0.2) is 0 Å². The number of nitrogens with one attached hydrogen (secondary N) is 3. The van der Waals surface area contributed by atoms with Gasteiger partial charge < -0.3 is 20.7 Å². The van der Waals surface area contributed by atoms with Gasteiger partial charge in [0.1, 0.15) is 5.82 Å². The molecule has 1 aliphatic rings. The minimum absolute atomic E-state index is 0.0274. The van der Waals surface area contributed by atoms with E-state index in [1.54, 1.807) is 36.4 Å². The van der Waals surface area contributed by atoms with Crippen molar-refractivity contribution in [2.75, 3.05) is 43.9 Å². The number of urea groups is 1. The van der Waals surface area contributed by atoms with Crippen molar-refractivity contribution in [3.8, 4) is 0 Å².